The van der Waals surface area contributed by atoms with E-state index in [2.05, 4.69) is 0 Å². The molecule has 0 bridgehead atoms. The molecule has 0 N–H and O–H groups in total. The maximum atomic E-state index is 11.4. The molecule has 3 heteroatoms. The number of nitrogens with zero attached hydrogens (tertiary/aromatic N) is 1. The van der Waals surface area contributed by atoms with Gasteiger partial charge in [-0.25, -0.2) is 0 Å². The van der Waals surface area contributed by atoms with Crippen LogP contribution in [0, 0.1) is 5.92 Å². The summed E-state index contributed by atoms with van der Waals surface area (Å²) in [6, 6.07) is 0. The molecule has 0 aromatic heterocycles. The number of hydrogen-bond acceptors (Lipinski definition) is 2. The zero-order valence-corrected chi connectivity index (χ0v) is 8.50. The Bertz CT molecular complexity index is 244. The predicted octanol–water partition coefficient (Wildman–Crippen LogP) is 1.37. The predicted molar refractivity (Wildman–Crippen MR) is 52.8 cm³/mol. The van der Waals surface area contributed by atoms with Crippen molar-refractivity contribution in [2.24, 2.45) is 5.92 Å². The van der Waals surface area contributed by atoms with E-state index < -0.39 is 0 Å². The highest BCUT2D eigenvalue weighted by Gasteiger charge is 2.29. The van der Waals surface area contributed by atoms with Gasteiger partial charge in [-0.15, -0.1) is 0 Å². The quantitative estimate of drug-likeness (QED) is 0.624. The van der Waals surface area contributed by atoms with E-state index in [1.54, 1.807) is 4.90 Å². The van der Waals surface area contributed by atoms with Crippen molar-refractivity contribution in [3.63, 3.8) is 0 Å². The molecule has 0 spiro atoms. The van der Waals surface area contributed by atoms with Crippen LogP contribution in [0.25, 0.3) is 0 Å². The minimum absolute atomic E-state index is 0.0422. The van der Waals surface area contributed by atoms with Crippen LogP contribution in [0.4, 0.5) is 0 Å². The maximum absolute atomic E-state index is 11.4. The van der Waals surface area contributed by atoms with Gasteiger partial charge in [0.05, 0.1) is 13.0 Å². The van der Waals surface area contributed by atoms with Gasteiger partial charge in [0, 0.05) is 6.54 Å². The summed E-state index contributed by atoms with van der Waals surface area (Å²) in [5.74, 6) is 0.782. The third-order valence-corrected chi connectivity index (χ3v) is 3.27. The van der Waals surface area contributed by atoms with Crippen molar-refractivity contribution in [3.05, 3.63) is 0 Å². The van der Waals surface area contributed by atoms with E-state index in [9.17, 15) is 9.59 Å². The molecule has 1 aliphatic carbocycles. The van der Waals surface area contributed by atoms with Gasteiger partial charge < -0.3 is 4.90 Å². The first-order valence-electron chi connectivity index (χ1n) is 5.55. The molecule has 1 heterocycles. The number of carbonyl (C=O) groups excluding carboxylic acids is 2. The van der Waals surface area contributed by atoms with Crippen LogP contribution in [0.15, 0.2) is 0 Å². The van der Waals surface area contributed by atoms with Gasteiger partial charge in [0.1, 0.15) is 0 Å². The van der Waals surface area contributed by atoms with Gasteiger partial charge in [-0.2, -0.15) is 0 Å². The van der Waals surface area contributed by atoms with Crippen LogP contribution in [-0.4, -0.2) is 29.7 Å². The van der Waals surface area contributed by atoms with E-state index >= 15 is 0 Å². The fraction of sp³-hybridized carbons (Fsp3) is 0.818. The molecular weight excluding hydrogens is 178 g/mol. The first-order valence-corrected chi connectivity index (χ1v) is 5.55. The van der Waals surface area contributed by atoms with Crippen LogP contribution >= 0.6 is 0 Å². The molecule has 0 aromatic rings. The minimum atomic E-state index is 0.0422. The lowest BCUT2D eigenvalue weighted by molar-refractivity contribution is -0.128. The van der Waals surface area contributed by atoms with Gasteiger partial charge >= 0.3 is 0 Å². The number of likely N-dealkylation sites (tertiary alicyclic amines) is 1. The lowest BCUT2D eigenvalue weighted by Crippen LogP contribution is -2.31. The van der Waals surface area contributed by atoms with Crippen LogP contribution in [0.5, 0.6) is 0 Å². The molecule has 14 heavy (non-hydrogen) atoms. The van der Waals surface area contributed by atoms with Gasteiger partial charge in [-0.3, -0.25) is 9.59 Å². The zero-order chi connectivity index (χ0) is 9.97. The summed E-state index contributed by atoms with van der Waals surface area (Å²) < 4.78 is 0. The Morgan fingerprint density at radius 1 is 1.14 bits per heavy atom. The second kappa shape index (κ2) is 4.11. The van der Waals surface area contributed by atoms with Crippen LogP contribution in [0.1, 0.15) is 38.5 Å². The fourth-order valence-corrected chi connectivity index (χ4v) is 2.49. The van der Waals surface area contributed by atoms with E-state index in [1.807, 2.05) is 0 Å². The zero-order valence-electron chi connectivity index (χ0n) is 8.50. The Labute approximate surface area is 84.5 Å². The van der Waals surface area contributed by atoms with Crippen molar-refractivity contribution in [2.75, 3.05) is 13.1 Å². The smallest absolute Gasteiger partial charge is 0.230 e. The molecular formula is C11H17NO2. The molecule has 0 atom stereocenters. The van der Waals surface area contributed by atoms with Crippen LogP contribution in [0.3, 0.4) is 0 Å². The summed E-state index contributed by atoms with van der Waals surface area (Å²) in [5, 5.41) is 0. The van der Waals surface area contributed by atoms with Crippen molar-refractivity contribution in [1.29, 1.82) is 0 Å². The lowest BCUT2D eigenvalue weighted by atomic mass is 9.89. The summed E-state index contributed by atoms with van der Waals surface area (Å²) >= 11 is 0. The number of ketones is 1. The van der Waals surface area contributed by atoms with Gasteiger partial charge in [-0.05, 0) is 18.8 Å². The second-order valence-electron chi connectivity index (χ2n) is 4.49. The van der Waals surface area contributed by atoms with Crippen molar-refractivity contribution < 1.29 is 9.59 Å². The third kappa shape index (κ3) is 2.14. The number of rotatable bonds is 2. The highest BCUT2D eigenvalue weighted by atomic mass is 16.2. The van der Waals surface area contributed by atoms with E-state index in [0.29, 0.717) is 12.5 Å². The Morgan fingerprint density at radius 2 is 1.86 bits per heavy atom. The summed E-state index contributed by atoms with van der Waals surface area (Å²) in [6.45, 7) is 1.19. The van der Waals surface area contributed by atoms with E-state index in [1.165, 1.54) is 32.1 Å². The van der Waals surface area contributed by atoms with Crippen molar-refractivity contribution in [3.8, 4) is 0 Å². The van der Waals surface area contributed by atoms with Gasteiger partial charge in [0.2, 0.25) is 5.91 Å². The van der Waals surface area contributed by atoms with Gasteiger partial charge in [0.15, 0.2) is 5.78 Å². The number of amides is 1. The van der Waals surface area contributed by atoms with E-state index in [-0.39, 0.29) is 18.1 Å². The minimum Gasteiger partial charge on any atom is -0.335 e. The maximum Gasteiger partial charge on any atom is 0.230 e. The fourth-order valence-electron chi connectivity index (χ4n) is 2.49. The average molecular weight is 195 g/mol. The first-order chi connectivity index (χ1) is 6.75. The highest BCUT2D eigenvalue weighted by Crippen LogP contribution is 2.25. The third-order valence-electron chi connectivity index (χ3n) is 3.27. The van der Waals surface area contributed by atoms with Gasteiger partial charge in [-0.1, -0.05) is 19.3 Å². The standard InChI is InChI=1S/C11H17NO2/c13-10-6-11(14)12(8-10)7-9-4-2-1-3-5-9/h9H,1-8H2. The molecule has 0 radical (unpaired) electrons. The van der Waals surface area contributed by atoms with Crippen LogP contribution < -0.4 is 0 Å². The Hall–Kier alpha value is -0.860. The Kier molecular flexibility index (Phi) is 2.85. The Morgan fingerprint density at radius 3 is 2.43 bits per heavy atom. The molecule has 1 saturated carbocycles. The molecule has 78 valence electrons. The molecule has 0 unspecified atom stereocenters. The van der Waals surface area contributed by atoms with E-state index in [4.69, 9.17) is 0 Å². The average Bonchev–Trinajstić information content (AvgIpc) is 2.47. The normalized spacial score (nSPS) is 24.7. The first kappa shape index (κ1) is 9.69. The summed E-state index contributed by atoms with van der Waals surface area (Å²) in [6.07, 6.45) is 6.54. The molecule has 1 saturated heterocycles. The molecule has 0 aromatic carbocycles. The van der Waals surface area contributed by atoms with Crippen molar-refractivity contribution >= 4 is 11.7 Å². The molecule has 1 aliphatic heterocycles. The molecule has 1 amide bonds. The number of Topliss-reactive ketones (excluding diaryl/α,β-unsaturated/α-hetero) is 1. The SMILES string of the molecule is O=C1CC(=O)N(CC2CCCCC2)C1. The lowest BCUT2D eigenvalue weighted by Gasteiger charge is -2.26. The Balaban J connectivity index is 1.84. The molecule has 2 aliphatic rings. The largest absolute Gasteiger partial charge is 0.335 e. The topological polar surface area (TPSA) is 37.4 Å². The van der Waals surface area contributed by atoms with Crippen molar-refractivity contribution in [2.45, 2.75) is 38.5 Å². The van der Waals surface area contributed by atoms with Crippen LogP contribution in [0.2, 0.25) is 0 Å². The summed E-state index contributed by atoms with van der Waals surface area (Å²) in [7, 11) is 0. The van der Waals surface area contributed by atoms with Crippen molar-refractivity contribution in [1.82, 2.24) is 4.90 Å². The highest BCUT2D eigenvalue weighted by molar-refractivity contribution is 6.05. The summed E-state index contributed by atoms with van der Waals surface area (Å²) in [4.78, 5) is 24.2. The summed E-state index contributed by atoms with van der Waals surface area (Å²) in [5.41, 5.74) is 0. The molecule has 2 rings (SSSR count). The second-order valence-corrected chi connectivity index (χ2v) is 4.49. The number of carbonyl (C=O) groups is 2. The molecule has 2 fully saturated rings. The molecule has 3 nitrogen and oxygen atoms in total. The van der Waals surface area contributed by atoms with Gasteiger partial charge in [0.25, 0.3) is 0 Å². The number of hydrogen-bond donors (Lipinski definition) is 0. The van der Waals surface area contributed by atoms with Crippen LogP contribution in [-0.2, 0) is 9.59 Å². The van der Waals surface area contributed by atoms with E-state index in [0.717, 1.165) is 6.54 Å². The monoisotopic (exact) mass is 195 g/mol.